The highest BCUT2D eigenvalue weighted by Gasteiger charge is 2.13. The van der Waals surface area contributed by atoms with E-state index in [1.165, 1.54) is 0 Å². The van der Waals surface area contributed by atoms with Crippen molar-refractivity contribution < 1.29 is 9.90 Å². The fourth-order valence-corrected chi connectivity index (χ4v) is 2.16. The van der Waals surface area contributed by atoms with Crippen LogP contribution in [0, 0.1) is 13.8 Å². The Morgan fingerprint density at radius 2 is 1.86 bits per heavy atom. The zero-order valence-corrected chi connectivity index (χ0v) is 13.3. The standard InChI is InChI=1S/C17H19ClN2O2/c1-11-3-4-12(2)15(9-11)19-20-17(22)10-16(21)13-5-7-14(18)8-6-13/h3-9,16,19,21H,10H2,1-2H3,(H,20,22). The lowest BCUT2D eigenvalue weighted by Gasteiger charge is -2.14. The third-order valence-electron chi connectivity index (χ3n) is 3.36. The highest BCUT2D eigenvalue weighted by molar-refractivity contribution is 6.30. The zero-order valence-electron chi connectivity index (χ0n) is 12.6. The summed E-state index contributed by atoms with van der Waals surface area (Å²) in [7, 11) is 0. The van der Waals surface area contributed by atoms with Crippen molar-refractivity contribution in [1.29, 1.82) is 0 Å². The Kier molecular flexibility index (Phi) is 5.41. The Morgan fingerprint density at radius 1 is 1.18 bits per heavy atom. The normalized spacial score (nSPS) is 11.8. The molecule has 2 rings (SSSR count). The van der Waals surface area contributed by atoms with Gasteiger partial charge in [-0.3, -0.25) is 15.6 Å². The van der Waals surface area contributed by atoms with E-state index in [0.29, 0.717) is 10.6 Å². The van der Waals surface area contributed by atoms with Gasteiger partial charge in [-0.1, -0.05) is 35.9 Å². The Hall–Kier alpha value is -2.04. The van der Waals surface area contributed by atoms with E-state index in [-0.39, 0.29) is 12.3 Å². The molecule has 3 N–H and O–H groups in total. The van der Waals surface area contributed by atoms with E-state index in [1.54, 1.807) is 24.3 Å². The molecular weight excluding hydrogens is 300 g/mol. The summed E-state index contributed by atoms with van der Waals surface area (Å²) in [6.45, 7) is 3.94. The van der Waals surface area contributed by atoms with Crippen molar-refractivity contribution in [2.24, 2.45) is 0 Å². The van der Waals surface area contributed by atoms with Crippen LogP contribution in [0.2, 0.25) is 5.02 Å². The Bertz CT molecular complexity index is 656. The number of aryl methyl sites for hydroxylation is 2. The third kappa shape index (κ3) is 4.48. The molecule has 116 valence electrons. The van der Waals surface area contributed by atoms with Crippen LogP contribution < -0.4 is 10.9 Å². The van der Waals surface area contributed by atoms with Crippen LogP contribution in [0.1, 0.15) is 29.2 Å². The molecule has 0 aliphatic heterocycles. The average molecular weight is 319 g/mol. The predicted octanol–water partition coefficient (Wildman–Crippen LogP) is 3.52. The maximum Gasteiger partial charge on any atom is 0.241 e. The van der Waals surface area contributed by atoms with Crippen LogP contribution in [0.3, 0.4) is 0 Å². The Balaban J connectivity index is 1.90. The van der Waals surface area contributed by atoms with Gasteiger partial charge in [-0.05, 0) is 48.7 Å². The van der Waals surface area contributed by atoms with Crippen LogP contribution in [0.5, 0.6) is 0 Å². The molecule has 1 amide bonds. The molecule has 22 heavy (non-hydrogen) atoms. The molecule has 0 aliphatic rings. The lowest BCUT2D eigenvalue weighted by Crippen LogP contribution is -2.30. The number of nitrogens with one attached hydrogen (secondary N) is 2. The summed E-state index contributed by atoms with van der Waals surface area (Å²) in [5, 5.41) is 10.6. The molecule has 0 heterocycles. The second kappa shape index (κ2) is 7.29. The van der Waals surface area contributed by atoms with Crippen molar-refractivity contribution in [3.8, 4) is 0 Å². The highest BCUT2D eigenvalue weighted by atomic mass is 35.5. The molecule has 1 unspecified atom stereocenters. The lowest BCUT2D eigenvalue weighted by atomic mass is 10.1. The van der Waals surface area contributed by atoms with Crippen LogP contribution in [0.4, 0.5) is 5.69 Å². The van der Waals surface area contributed by atoms with Crippen molar-refractivity contribution in [2.45, 2.75) is 26.4 Å². The predicted molar refractivity (Wildman–Crippen MR) is 88.7 cm³/mol. The van der Waals surface area contributed by atoms with E-state index in [9.17, 15) is 9.90 Å². The molecule has 5 heteroatoms. The molecule has 0 spiro atoms. The molecule has 0 aliphatic carbocycles. The number of aliphatic hydroxyl groups excluding tert-OH is 1. The van der Waals surface area contributed by atoms with Crippen molar-refractivity contribution in [3.63, 3.8) is 0 Å². The van der Waals surface area contributed by atoms with Crippen LogP contribution in [-0.2, 0) is 4.79 Å². The first kappa shape index (κ1) is 16.3. The van der Waals surface area contributed by atoms with E-state index in [4.69, 9.17) is 11.6 Å². The second-order valence-corrected chi connectivity index (χ2v) is 5.70. The fraction of sp³-hybridized carbons (Fsp3) is 0.235. The first-order valence-electron chi connectivity index (χ1n) is 7.01. The first-order chi connectivity index (χ1) is 10.5. The molecule has 4 nitrogen and oxygen atoms in total. The number of hydrogen-bond donors (Lipinski definition) is 3. The molecule has 0 bridgehead atoms. The first-order valence-corrected chi connectivity index (χ1v) is 7.39. The van der Waals surface area contributed by atoms with Gasteiger partial charge in [0.1, 0.15) is 0 Å². The van der Waals surface area contributed by atoms with E-state index >= 15 is 0 Å². The molecule has 0 saturated carbocycles. The zero-order chi connectivity index (χ0) is 16.1. The van der Waals surface area contributed by atoms with Gasteiger partial charge in [0.25, 0.3) is 0 Å². The van der Waals surface area contributed by atoms with Gasteiger partial charge in [0.2, 0.25) is 5.91 Å². The summed E-state index contributed by atoms with van der Waals surface area (Å²) in [5.74, 6) is -0.289. The lowest BCUT2D eigenvalue weighted by molar-refractivity contribution is -0.122. The fourth-order valence-electron chi connectivity index (χ4n) is 2.04. The summed E-state index contributed by atoms with van der Waals surface area (Å²) in [4.78, 5) is 11.9. The van der Waals surface area contributed by atoms with E-state index in [2.05, 4.69) is 10.9 Å². The SMILES string of the molecule is Cc1ccc(C)c(NNC(=O)CC(O)c2ccc(Cl)cc2)c1. The quantitative estimate of drug-likeness (QED) is 0.739. The van der Waals surface area contributed by atoms with Gasteiger partial charge < -0.3 is 5.11 Å². The van der Waals surface area contributed by atoms with Gasteiger partial charge in [0, 0.05) is 5.02 Å². The van der Waals surface area contributed by atoms with Crippen molar-refractivity contribution >= 4 is 23.2 Å². The topological polar surface area (TPSA) is 61.4 Å². The molecule has 0 aromatic heterocycles. The summed E-state index contributed by atoms with van der Waals surface area (Å²) in [6.07, 6.45) is -0.892. The number of carbonyl (C=O) groups is 1. The number of hydrogen-bond acceptors (Lipinski definition) is 3. The van der Waals surface area contributed by atoms with Crippen molar-refractivity contribution in [1.82, 2.24) is 5.43 Å². The maximum atomic E-state index is 11.9. The number of carbonyl (C=O) groups excluding carboxylic acids is 1. The average Bonchev–Trinajstić information content (AvgIpc) is 2.49. The highest BCUT2D eigenvalue weighted by Crippen LogP contribution is 2.19. The van der Waals surface area contributed by atoms with Crippen LogP contribution in [0.25, 0.3) is 0 Å². The Labute approximate surface area is 135 Å². The number of amides is 1. The van der Waals surface area contributed by atoms with E-state index in [1.807, 2.05) is 32.0 Å². The number of anilines is 1. The Morgan fingerprint density at radius 3 is 2.55 bits per heavy atom. The molecule has 1 atom stereocenters. The summed E-state index contributed by atoms with van der Waals surface area (Å²) in [6, 6.07) is 12.7. The van der Waals surface area contributed by atoms with Crippen LogP contribution >= 0.6 is 11.6 Å². The molecule has 2 aromatic rings. The van der Waals surface area contributed by atoms with Crippen LogP contribution in [0.15, 0.2) is 42.5 Å². The summed E-state index contributed by atoms with van der Waals surface area (Å²) >= 11 is 5.80. The minimum Gasteiger partial charge on any atom is -0.388 e. The maximum absolute atomic E-state index is 11.9. The van der Waals surface area contributed by atoms with E-state index < -0.39 is 6.10 Å². The number of aliphatic hydroxyl groups is 1. The van der Waals surface area contributed by atoms with Crippen molar-refractivity contribution in [2.75, 3.05) is 5.43 Å². The van der Waals surface area contributed by atoms with Gasteiger partial charge in [-0.2, -0.15) is 0 Å². The second-order valence-electron chi connectivity index (χ2n) is 5.26. The molecule has 0 saturated heterocycles. The van der Waals surface area contributed by atoms with Gasteiger partial charge in [-0.15, -0.1) is 0 Å². The largest absolute Gasteiger partial charge is 0.388 e. The number of benzene rings is 2. The monoisotopic (exact) mass is 318 g/mol. The van der Waals surface area contributed by atoms with Crippen LogP contribution in [-0.4, -0.2) is 11.0 Å². The summed E-state index contributed by atoms with van der Waals surface area (Å²) < 4.78 is 0. The van der Waals surface area contributed by atoms with Gasteiger partial charge in [0.15, 0.2) is 0 Å². The van der Waals surface area contributed by atoms with E-state index in [0.717, 1.165) is 16.8 Å². The van der Waals surface area contributed by atoms with Gasteiger partial charge in [0.05, 0.1) is 18.2 Å². The minimum atomic E-state index is -0.863. The number of hydrazine groups is 1. The molecular formula is C17H19ClN2O2. The third-order valence-corrected chi connectivity index (χ3v) is 3.62. The molecule has 0 radical (unpaired) electrons. The molecule has 2 aromatic carbocycles. The van der Waals surface area contributed by atoms with Gasteiger partial charge >= 0.3 is 0 Å². The number of halogens is 1. The van der Waals surface area contributed by atoms with Gasteiger partial charge in [-0.25, -0.2) is 0 Å². The molecule has 0 fully saturated rings. The van der Waals surface area contributed by atoms with Crippen molar-refractivity contribution in [3.05, 3.63) is 64.2 Å². The smallest absolute Gasteiger partial charge is 0.241 e. The number of rotatable bonds is 5. The summed E-state index contributed by atoms with van der Waals surface area (Å²) in [5.41, 5.74) is 9.12. The minimum absolute atomic E-state index is 0.0283.